The van der Waals surface area contributed by atoms with Crippen molar-refractivity contribution in [2.24, 2.45) is 0 Å². The van der Waals surface area contributed by atoms with E-state index in [2.05, 4.69) is 14.7 Å². The van der Waals surface area contributed by atoms with E-state index < -0.39 is 17.1 Å². The lowest BCUT2D eigenvalue weighted by molar-refractivity contribution is 0.442. The molecule has 0 aliphatic carbocycles. The molecule has 1 aromatic heterocycles. The number of aromatic nitrogens is 2. The molecule has 2 N–H and O–H groups in total. The molecule has 8 heteroatoms. The van der Waals surface area contributed by atoms with Crippen LogP contribution in [0.15, 0.2) is 48.8 Å². The molecule has 3 rings (SSSR count). The van der Waals surface area contributed by atoms with E-state index in [-0.39, 0.29) is 5.75 Å². The van der Waals surface area contributed by atoms with Crippen LogP contribution in [0.25, 0.3) is 11.0 Å². The van der Waals surface area contributed by atoms with Crippen molar-refractivity contribution in [3.63, 3.8) is 0 Å². The number of hydrogen-bond donors (Lipinski definition) is 2. The van der Waals surface area contributed by atoms with Crippen LogP contribution in [-0.2, 0) is 17.7 Å². The maximum Gasteiger partial charge on any atom is 0.231 e. The summed E-state index contributed by atoms with van der Waals surface area (Å²) in [7, 11) is 0. The van der Waals surface area contributed by atoms with Gasteiger partial charge in [0.2, 0.25) is 11.3 Å². The van der Waals surface area contributed by atoms with Crippen LogP contribution >= 0.6 is 0 Å². The molecule has 1 heterocycles. The minimum absolute atomic E-state index is 0.124. The van der Waals surface area contributed by atoms with Crippen LogP contribution in [0.1, 0.15) is 12.0 Å². The van der Waals surface area contributed by atoms with Gasteiger partial charge in [-0.05, 0) is 42.7 Å². The SMILES string of the molecule is O=S(O)NCCCc1ccc(F)c(Oc2ccc3nccnc3c2)c1. The van der Waals surface area contributed by atoms with Gasteiger partial charge in [-0.15, -0.1) is 0 Å². The summed E-state index contributed by atoms with van der Waals surface area (Å²) in [6.45, 7) is 0.389. The van der Waals surface area contributed by atoms with Gasteiger partial charge in [0.15, 0.2) is 11.6 Å². The molecule has 3 aromatic rings. The van der Waals surface area contributed by atoms with Crippen LogP contribution < -0.4 is 9.46 Å². The Morgan fingerprint density at radius 1 is 1.12 bits per heavy atom. The Bertz CT molecular complexity index is 907. The average Bonchev–Trinajstić information content (AvgIpc) is 2.61. The zero-order chi connectivity index (χ0) is 17.6. The Morgan fingerprint density at radius 2 is 1.92 bits per heavy atom. The molecule has 0 radical (unpaired) electrons. The van der Waals surface area contributed by atoms with Crippen molar-refractivity contribution >= 4 is 22.3 Å². The molecule has 130 valence electrons. The van der Waals surface area contributed by atoms with Gasteiger partial charge in [0.25, 0.3) is 0 Å². The van der Waals surface area contributed by atoms with Crippen molar-refractivity contribution in [1.29, 1.82) is 0 Å². The fourth-order valence-electron chi connectivity index (χ4n) is 2.37. The third-order valence-electron chi connectivity index (χ3n) is 3.53. The quantitative estimate of drug-likeness (QED) is 0.499. The normalized spacial score (nSPS) is 12.2. The van der Waals surface area contributed by atoms with Crippen LogP contribution in [0.2, 0.25) is 0 Å². The van der Waals surface area contributed by atoms with E-state index in [0.717, 1.165) is 11.1 Å². The van der Waals surface area contributed by atoms with E-state index in [0.29, 0.717) is 30.7 Å². The summed E-state index contributed by atoms with van der Waals surface area (Å²) in [6.07, 6.45) is 4.46. The van der Waals surface area contributed by atoms with E-state index >= 15 is 0 Å². The van der Waals surface area contributed by atoms with Gasteiger partial charge in [0, 0.05) is 25.0 Å². The maximum atomic E-state index is 14.0. The van der Waals surface area contributed by atoms with Gasteiger partial charge in [-0.2, -0.15) is 0 Å². The fourth-order valence-corrected chi connectivity index (χ4v) is 2.69. The largest absolute Gasteiger partial charge is 0.454 e. The summed E-state index contributed by atoms with van der Waals surface area (Å²) < 4.78 is 41.3. The Balaban J connectivity index is 1.72. The first kappa shape index (κ1) is 17.4. The Kier molecular flexibility index (Phi) is 5.64. The number of fused-ring (bicyclic) bond motifs is 1. The van der Waals surface area contributed by atoms with Crippen molar-refractivity contribution < 1.29 is 17.9 Å². The lowest BCUT2D eigenvalue weighted by atomic mass is 10.1. The monoisotopic (exact) mass is 361 g/mol. The summed E-state index contributed by atoms with van der Waals surface area (Å²) in [4.78, 5) is 8.38. The van der Waals surface area contributed by atoms with Gasteiger partial charge in [0.05, 0.1) is 11.0 Å². The molecule has 0 saturated heterocycles. The zero-order valence-electron chi connectivity index (χ0n) is 13.2. The Morgan fingerprint density at radius 3 is 2.72 bits per heavy atom. The molecule has 0 spiro atoms. The first-order chi connectivity index (χ1) is 12.1. The summed E-state index contributed by atoms with van der Waals surface area (Å²) in [6, 6.07) is 9.83. The van der Waals surface area contributed by atoms with Gasteiger partial charge in [0.1, 0.15) is 5.75 Å². The predicted molar refractivity (Wildman–Crippen MR) is 93.1 cm³/mol. The second-order valence-electron chi connectivity index (χ2n) is 5.32. The van der Waals surface area contributed by atoms with E-state index in [9.17, 15) is 8.60 Å². The summed E-state index contributed by atoms with van der Waals surface area (Å²) in [5.41, 5.74) is 2.28. The second-order valence-corrected chi connectivity index (χ2v) is 6.11. The van der Waals surface area contributed by atoms with E-state index in [1.807, 2.05) is 0 Å². The molecule has 0 aliphatic rings. The van der Waals surface area contributed by atoms with Crippen LogP contribution in [0.5, 0.6) is 11.5 Å². The highest BCUT2D eigenvalue weighted by Crippen LogP contribution is 2.27. The van der Waals surface area contributed by atoms with Gasteiger partial charge >= 0.3 is 0 Å². The standard InChI is InChI=1S/C17H16FN3O3S/c18-14-5-3-12(2-1-7-21-25(22)23)10-17(14)24-13-4-6-15-16(11-13)20-9-8-19-15/h3-6,8-11,21H,1-2,7H2,(H,22,23). The Labute approximate surface area is 146 Å². The molecule has 1 unspecified atom stereocenters. The number of hydrogen-bond acceptors (Lipinski definition) is 4. The molecule has 0 fully saturated rings. The lowest BCUT2D eigenvalue weighted by Crippen LogP contribution is -2.17. The lowest BCUT2D eigenvalue weighted by Gasteiger charge is -2.09. The van der Waals surface area contributed by atoms with Crippen molar-refractivity contribution in [2.45, 2.75) is 12.8 Å². The molecule has 0 amide bonds. The van der Waals surface area contributed by atoms with Gasteiger partial charge in [-0.3, -0.25) is 14.5 Å². The maximum absolute atomic E-state index is 14.0. The summed E-state index contributed by atoms with van der Waals surface area (Å²) >= 11 is -2.02. The third-order valence-corrected chi connectivity index (χ3v) is 3.98. The van der Waals surface area contributed by atoms with Crippen LogP contribution in [0, 0.1) is 5.82 Å². The van der Waals surface area contributed by atoms with Crippen molar-refractivity contribution in [3.05, 3.63) is 60.2 Å². The highest BCUT2D eigenvalue weighted by atomic mass is 32.2. The second kappa shape index (κ2) is 8.11. The number of nitrogens with one attached hydrogen (secondary N) is 1. The highest BCUT2D eigenvalue weighted by Gasteiger charge is 2.08. The van der Waals surface area contributed by atoms with Gasteiger partial charge in [-0.1, -0.05) is 6.07 Å². The molecule has 25 heavy (non-hydrogen) atoms. The van der Waals surface area contributed by atoms with E-state index in [1.54, 1.807) is 42.7 Å². The number of aryl methyl sites for hydroxylation is 1. The highest BCUT2D eigenvalue weighted by molar-refractivity contribution is 7.77. The predicted octanol–water partition coefficient (Wildman–Crippen LogP) is 3.22. The van der Waals surface area contributed by atoms with Crippen molar-refractivity contribution in [1.82, 2.24) is 14.7 Å². The number of halogens is 1. The molecule has 6 nitrogen and oxygen atoms in total. The molecule has 1 atom stereocenters. The molecular formula is C17H16FN3O3S. The van der Waals surface area contributed by atoms with Gasteiger partial charge in [-0.25, -0.2) is 13.3 Å². The molecule has 0 bridgehead atoms. The molecule has 0 saturated carbocycles. The number of rotatable bonds is 7. The molecule has 0 aliphatic heterocycles. The van der Waals surface area contributed by atoms with Crippen molar-refractivity contribution in [3.8, 4) is 11.5 Å². The minimum atomic E-state index is -2.02. The van der Waals surface area contributed by atoms with E-state index in [4.69, 9.17) is 9.29 Å². The number of benzene rings is 2. The van der Waals surface area contributed by atoms with Crippen LogP contribution in [0.3, 0.4) is 0 Å². The minimum Gasteiger partial charge on any atom is -0.454 e. The first-order valence-corrected chi connectivity index (χ1v) is 8.74. The fraction of sp³-hybridized carbons (Fsp3) is 0.176. The summed E-state index contributed by atoms with van der Waals surface area (Å²) in [5.74, 6) is 0.137. The molecule has 2 aromatic carbocycles. The summed E-state index contributed by atoms with van der Waals surface area (Å²) in [5, 5.41) is 0. The topological polar surface area (TPSA) is 84.3 Å². The third kappa shape index (κ3) is 4.79. The van der Waals surface area contributed by atoms with E-state index in [1.165, 1.54) is 6.07 Å². The van der Waals surface area contributed by atoms with Gasteiger partial charge < -0.3 is 4.74 Å². The van der Waals surface area contributed by atoms with Crippen molar-refractivity contribution in [2.75, 3.05) is 6.54 Å². The average molecular weight is 361 g/mol. The Hall–Kier alpha value is -2.42. The van der Waals surface area contributed by atoms with Crippen LogP contribution in [-0.4, -0.2) is 25.3 Å². The molecular weight excluding hydrogens is 345 g/mol. The first-order valence-electron chi connectivity index (χ1n) is 7.63. The smallest absolute Gasteiger partial charge is 0.231 e. The van der Waals surface area contributed by atoms with Crippen LogP contribution in [0.4, 0.5) is 4.39 Å². The number of ether oxygens (including phenoxy) is 1. The number of nitrogens with zero attached hydrogens (tertiary/aromatic N) is 2. The zero-order valence-corrected chi connectivity index (χ0v) is 14.0.